The second kappa shape index (κ2) is 8.03. The molecular weight excluding hydrogens is 382 g/mol. The summed E-state index contributed by atoms with van der Waals surface area (Å²) in [4.78, 5) is 25.2. The van der Waals surface area contributed by atoms with E-state index in [4.69, 9.17) is 26.3 Å². The number of hydrazine groups is 1. The minimum atomic E-state index is -0.559. The zero-order valence-corrected chi connectivity index (χ0v) is 15.9. The molecule has 1 aliphatic heterocycles. The molecule has 0 aromatic heterocycles. The summed E-state index contributed by atoms with van der Waals surface area (Å²) < 4.78 is 10.7. The van der Waals surface area contributed by atoms with Crippen LogP contribution < -0.4 is 19.9 Å². The van der Waals surface area contributed by atoms with Crippen LogP contribution in [0.4, 0.5) is 5.69 Å². The first-order chi connectivity index (χ1) is 13.5. The van der Waals surface area contributed by atoms with Gasteiger partial charge in [-0.15, -0.1) is 0 Å². The highest BCUT2D eigenvalue weighted by molar-refractivity contribution is 6.33. The highest BCUT2D eigenvalue weighted by Crippen LogP contribution is 2.34. The van der Waals surface area contributed by atoms with Crippen molar-refractivity contribution in [3.63, 3.8) is 0 Å². The van der Waals surface area contributed by atoms with Crippen LogP contribution in [0.15, 0.2) is 42.0 Å². The van der Waals surface area contributed by atoms with E-state index < -0.39 is 11.8 Å². The lowest BCUT2D eigenvalue weighted by Crippen LogP contribution is -2.35. The van der Waals surface area contributed by atoms with Crippen LogP contribution in [-0.2, 0) is 9.59 Å². The van der Waals surface area contributed by atoms with Gasteiger partial charge in [0.05, 0.1) is 12.8 Å². The molecule has 1 fully saturated rings. The Labute approximate surface area is 166 Å². The number of nitrogens with one attached hydrogen (secondary N) is 1. The third-order valence-electron chi connectivity index (χ3n) is 4.12. The van der Waals surface area contributed by atoms with Crippen LogP contribution in [-0.4, -0.2) is 25.5 Å². The van der Waals surface area contributed by atoms with E-state index in [1.165, 1.54) is 13.2 Å². The van der Waals surface area contributed by atoms with Gasteiger partial charge in [-0.1, -0.05) is 29.8 Å². The Bertz CT molecular complexity index is 1030. The number of anilines is 1. The first-order valence-corrected chi connectivity index (χ1v) is 8.64. The van der Waals surface area contributed by atoms with Gasteiger partial charge in [0.1, 0.15) is 11.6 Å². The van der Waals surface area contributed by atoms with Crippen LogP contribution in [0, 0.1) is 18.3 Å². The molecule has 7 nitrogen and oxygen atoms in total. The molecule has 28 heavy (non-hydrogen) atoms. The number of halogens is 1. The molecule has 0 saturated carbocycles. The first kappa shape index (κ1) is 19.3. The van der Waals surface area contributed by atoms with Gasteiger partial charge in [0, 0.05) is 10.6 Å². The van der Waals surface area contributed by atoms with E-state index >= 15 is 0 Å². The maximum atomic E-state index is 12.8. The molecular formula is C20H16ClN3O4. The molecule has 0 atom stereocenters. The number of para-hydroxylation sites is 1. The average Bonchev–Trinajstić information content (AvgIpc) is 2.97. The number of aryl methyl sites for hydroxylation is 1. The molecule has 1 saturated heterocycles. The van der Waals surface area contributed by atoms with Gasteiger partial charge in [0.2, 0.25) is 0 Å². The second-order valence-corrected chi connectivity index (χ2v) is 6.31. The van der Waals surface area contributed by atoms with Gasteiger partial charge in [0.15, 0.2) is 18.1 Å². The summed E-state index contributed by atoms with van der Waals surface area (Å²) >= 11 is 6.12. The van der Waals surface area contributed by atoms with E-state index in [1.807, 2.05) is 13.0 Å². The number of amides is 2. The van der Waals surface area contributed by atoms with E-state index in [1.54, 1.807) is 36.4 Å². The molecule has 1 heterocycles. The van der Waals surface area contributed by atoms with E-state index in [2.05, 4.69) is 5.43 Å². The van der Waals surface area contributed by atoms with Gasteiger partial charge in [-0.3, -0.25) is 15.0 Å². The molecule has 2 aromatic carbocycles. The topological polar surface area (TPSA) is 91.7 Å². The number of carbonyl (C=O) groups excluding carboxylic acids is 2. The lowest BCUT2D eigenvalue weighted by Gasteiger charge is -2.15. The molecule has 1 N–H and O–H groups in total. The SMILES string of the molecule is COc1cccc(/C=C2\C(=O)NN(c3ccc(C)c(Cl)c3)C2=O)c1OCC#N. The largest absolute Gasteiger partial charge is 0.493 e. The number of hydrogen-bond donors (Lipinski definition) is 1. The average molecular weight is 398 g/mol. The predicted octanol–water partition coefficient (Wildman–Crippen LogP) is 3.02. The summed E-state index contributed by atoms with van der Waals surface area (Å²) in [7, 11) is 1.46. The molecule has 8 heteroatoms. The Balaban J connectivity index is 1.99. The number of benzene rings is 2. The van der Waals surface area contributed by atoms with Crippen molar-refractivity contribution in [1.82, 2.24) is 5.43 Å². The number of carbonyl (C=O) groups is 2. The van der Waals surface area contributed by atoms with Crippen LogP contribution in [0.3, 0.4) is 0 Å². The van der Waals surface area contributed by atoms with Crippen LogP contribution in [0.2, 0.25) is 5.02 Å². The molecule has 142 valence electrons. The van der Waals surface area contributed by atoms with Crippen LogP contribution >= 0.6 is 11.6 Å². The molecule has 2 aromatic rings. The normalized spacial score (nSPS) is 14.8. The van der Waals surface area contributed by atoms with Crippen LogP contribution in [0.25, 0.3) is 6.08 Å². The predicted molar refractivity (Wildman–Crippen MR) is 104 cm³/mol. The lowest BCUT2D eigenvalue weighted by atomic mass is 10.1. The van der Waals surface area contributed by atoms with E-state index in [0.717, 1.165) is 10.6 Å². The standard InChI is InChI=1S/C20H16ClN3O4/c1-12-6-7-14(11-16(12)21)24-20(26)15(19(25)23-24)10-13-4-3-5-17(27-2)18(13)28-9-8-22/h3-7,10-11H,9H2,1-2H3,(H,23,25)/b15-10+. The van der Waals surface area contributed by atoms with Crippen molar-refractivity contribution >= 4 is 35.2 Å². The third-order valence-corrected chi connectivity index (χ3v) is 4.52. The third kappa shape index (κ3) is 3.63. The van der Waals surface area contributed by atoms with Gasteiger partial charge < -0.3 is 9.47 Å². The number of rotatable bonds is 5. The molecule has 2 amide bonds. The van der Waals surface area contributed by atoms with Gasteiger partial charge in [-0.05, 0) is 36.8 Å². The fourth-order valence-electron chi connectivity index (χ4n) is 2.68. The Hall–Kier alpha value is -3.50. The Kier molecular flexibility index (Phi) is 5.52. The summed E-state index contributed by atoms with van der Waals surface area (Å²) in [6.07, 6.45) is 1.41. The molecule has 0 spiro atoms. The van der Waals surface area contributed by atoms with Crippen molar-refractivity contribution in [3.8, 4) is 17.6 Å². The maximum absolute atomic E-state index is 12.8. The summed E-state index contributed by atoms with van der Waals surface area (Å²) in [5.74, 6) is -0.427. The van der Waals surface area contributed by atoms with Crippen molar-refractivity contribution in [2.24, 2.45) is 0 Å². The Morgan fingerprint density at radius 2 is 2.07 bits per heavy atom. The number of ether oxygens (including phenoxy) is 2. The number of nitrogens with zero attached hydrogens (tertiary/aromatic N) is 2. The minimum Gasteiger partial charge on any atom is -0.493 e. The van der Waals surface area contributed by atoms with Crippen molar-refractivity contribution in [1.29, 1.82) is 5.26 Å². The highest BCUT2D eigenvalue weighted by atomic mass is 35.5. The van der Waals surface area contributed by atoms with Gasteiger partial charge in [0.25, 0.3) is 11.8 Å². The molecule has 0 unspecified atom stereocenters. The fraction of sp³-hybridized carbons (Fsp3) is 0.150. The van der Waals surface area contributed by atoms with Crippen molar-refractivity contribution in [3.05, 3.63) is 58.1 Å². The molecule has 1 aliphatic rings. The van der Waals surface area contributed by atoms with Crippen molar-refractivity contribution < 1.29 is 19.1 Å². The second-order valence-electron chi connectivity index (χ2n) is 5.90. The summed E-state index contributed by atoms with van der Waals surface area (Å²) in [6, 6.07) is 11.9. The fourth-order valence-corrected chi connectivity index (χ4v) is 2.86. The van der Waals surface area contributed by atoms with E-state index in [-0.39, 0.29) is 17.9 Å². The van der Waals surface area contributed by atoms with Crippen molar-refractivity contribution in [2.45, 2.75) is 6.92 Å². The van der Waals surface area contributed by atoms with Crippen LogP contribution in [0.1, 0.15) is 11.1 Å². The number of methoxy groups -OCH3 is 1. The summed E-state index contributed by atoms with van der Waals surface area (Å²) in [5.41, 5.74) is 4.19. The van der Waals surface area contributed by atoms with Gasteiger partial charge >= 0.3 is 0 Å². The highest BCUT2D eigenvalue weighted by Gasteiger charge is 2.35. The van der Waals surface area contributed by atoms with Crippen LogP contribution in [0.5, 0.6) is 11.5 Å². The maximum Gasteiger partial charge on any atom is 0.282 e. The number of nitriles is 1. The first-order valence-electron chi connectivity index (χ1n) is 8.26. The van der Waals surface area contributed by atoms with Crippen molar-refractivity contribution in [2.75, 3.05) is 18.7 Å². The Morgan fingerprint density at radius 1 is 1.29 bits per heavy atom. The smallest absolute Gasteiger partial charge is 0.282 e. The monoisotopic (exact) mass is 397 g/mol. The van der Waals surface area contributed by atoms with Gasteiger partial charge in [-0.2, -0.15) is 5.26 Å². The Morgan fingerprint density at radius 3 is 2.75 bits per heavy atom. The lowest BCUT2D eigenvalue weighted by molar-refractivity contribution is -0.117. The van der Waals surface area contributed by atoms with E-state index in [0.29, 0.717) is 22.0 Å². The molecule has 0 radical (unpaired) electrons. The minimum absolute atomic E-state index is 0.0771. The quantitative estimate of drug-likeness (QED) is 0.618. The summed E-state index contributed by atoms with van der Waals surface area (Å²) in [5, 5.41) is 10.4. The zero-order valence-electron chi connectivity index (χ0n) is 15.2. The number of hydrogen-bond acceptors (Lipinski definition) is 5. The van der Waals surface area contributed by atoms with E-state index in [9.17, 15) is 9.59 Å². The van der Waals surface area contributed by atoms with Gasteiger partial charge in [-0.25, -0.2) is 5.01 Å². The zero-order chi connectivity index (χ0) is 20.3. The molecule has 0 aliphatic carbocycles. The molecule has 3 rings (SSSR count). The molecule has 0 bridgehead atoms. The summed E-state index contributed by atoms with van der Waals surface area (Å²) in [6.45, 7) is 1.64.